The summed E-state index contributed by atoms with van der Waals surface area (Å²) in [7, 11) is 1.65. The van der Waals surface area contributed by atoms with Crippen molar-refractivity contribution >= 4 is 22.4 Å². The number of carbonyl (C=O) groups excluding carboxylic acids is 1. The van der Waals surface area contributed by atoms with Crippen LogP contribution in [0.5, 0.6) is 5.75 Å². The normalized spacial score (nSPS) is 15.8. The highest BCUT2D eigenvalue weighted by molar-refractivity contribution is 6.05. The Bertz CT molecular complexity index is 1090. The number of hydrogen-bond acceptors (Lipinski definition) is 4. The summed E-state index contributed by atoms with van der Waals surface area (Å²) in [5.74, 6) is 0.728. The van der Waals surface area contributed by atoms with Gasteiger partial charge in [0, 0.05) is 13.0 Å². The maximum absolute atomic E-state index is 12.9. The van der Waals surface area contributed by atoms with E-state index in [0.717, 1.165) is 28.0 Å². The average Bonchev–Trinajstić information content (AvgIpc) is 3.24. The fourth-order valence-electron chi connectivity index (χ4n) is 3.73. The number of benzene rings is 3. The number of nitrogens with zero attached hydrogens (tertiary/aromatic N) is 2. The summed E-state index contributed by atoms with van der Waals surface area (Å²) < 4.78 is 5.27. The van der Waals surface area contributed by atoms with Crippen LogP contribution in [-0.4, -0.2) is 36.8 Å². The molecule has 3 aromatic rings. The molecule has 1 N–H and O–H groups in total. The Morgan fingerprint density at radius 3 is 2.67 bits per heavy atom. The number of ether oxygens (including phenoxy) is 1. The van der Waals surface area contributed by atoms with E-state index in [1.54, 1.807) is 18.2 Å². The minimum Gasteiger partial charge on any atom is -0.497 e. The van der Waals surface area contributed by atoms with E-state index in [-0.39, 0.29) is 18.5 Å². The monoisotopic (exact) mass is 399 g/mol. The highest BCUT2D eigenvalue weighted by Crippen LogP contribution is 2.34. The second kappa shape index (κ2) is 8.93. The van der Waals surface area contributed by atoms with Crippen LogP contribution in [0.3, 0.4) is 0 Å². The molecule has 4 rings (SSSR count). The summed E-state index contributed by atoms with van der Waals surface area (Å²) in [4.78, 5) is 12.9. The molecule has 0 aromatic heterocycles. The van der Waals surface area contributed by atoms with Gasteiger partial charge in [-0.1, -0.05) is 54.6 Å². The smallest absolute Gasteiger partial charge is 0.257 e. The van der Waals surface area contributed by atoms with Gasteiger partial charge in [-0.3, -0.25) is 4.79 Å². The van der Waals surface area contributed by atoms with E-state index in [2.05, 4.69) is 42.2 Å². The summed E-state index contributed by atoms with van der Waals surface area (Å²) in [6, 6.07) is 22.3. The molecule has 0 aliphatic carbocycles. The lowest BCUT2D eigenvalue weighted by Gasteiger charge is -2.22. The third kappa shape index (κ3) is 4.11. The molecule has 0 bridgehead atoms. The molecule has 1 amide bonds. The zero-order valence-electron chi connectivity index (χ0n) is 17.0. The average molecular weight is 399 g/mol. The molecule has 1 aliphatic rings. The predicted octanol–water partition coefficient (Wildman–Crippen LogP) is 4.30. The van der Waals surface area contributed by atoms with Gasteiger partial charge in [-0.25, -0.2) is 5.01 Å². The number of nitrogens with one attached hydrogen (secondary N) is 1. The van der Waals surface area contributed by atoms with Gasteiger partial charge in [-0.15, -0.1) is 6.58 Å². The van der Waals surface area contributed by atoms with Gasteiger partial charge >= 0.3 is 0 Å². The Hall–Kier alpha value is -3.44. The first-order chi connectivity index (χ1) is 14.7. The first-order valence-corrected chi connectivity index (χ1v) is 10.0. The second-order valence-corrected chi connectivity index (χ2v) is 7.26. The van der Waals surface area contributed by atoms with Gasteiger partial charge in [-0.2, -0.15) is 5.10 Å². The van der Waals surface area contributed by atoms with Crippen LogP contribution in [0.4, 0.5) is 0 Å². The fourth-order valence-corrected chi connectivity index (χ4v) is 3.73. The van der Waals surface area contributed by atoms with Gasteiger partial charge in [0.05, 0.1) is 25.4 Å². The van der Waals surface area contributed by atoms with Gasteiger partial charge in [-0.05, 0) is 40.1 Å². The van der Waals surface area contributed by atoms with Crippen LogP contribution in [0.2, 0.25) is 0 Å². The highest BCUT2D eigenvalue weighted by atomic mass is 16.5. The topological polar surface area (TPSA) is 53.9 Å². The Kier molecular flexibility index (Phi) is 5.91. The fraction of sp³-hybridized carbons (Fsp3) is 0.200. The van der Waals surface area contributed by atoms with Gasteiger partial charge in [0.2, 0.25) is 0 Å². The molecule has 0 radical (unpaired) electrons. The molecule has 30 heavy (non-hydrogen) atoms. The molecule has 0 spiro atoms. The maximum atomic E-state index is 12.9. The quantitative estimate of drug-likeness (QED) is 0.476. The standard InChI is InChI=1S/C25H25N3O2/c1-3-14-26-17-25(29)28-24(19-10-12-22(30-2)13-11-19)16-23(27-28)21-9-8-18-6-4-5-7-20(18)15-21/h3-13,15,24,26H,1,14,16-17H2,2H3/t24-/m1/s1. The predicted molar refractivity (Wildman–Crippen MR) is 121 cm³/mol. The van der Waals surface area contributed by atoms with E-state index in [9.17, 15) is 4.79 Å². The highest BCUT2D eigenvalue weighted by Gasteiger charge is 2.32. The lowest BCUT2D eigenvalue weighted by atomic mass is 9.97. The largest absolute Gasteiger partial charge is 0.497 e. The Morgan fingerprint density at radius 1 is 1.17 bits per heavy atom. The lowest BCUT2D eigenvalue weighted by Crippen LogP contribution is -2.35. The summed E-state index contributed by atoms with van der Waals surface area (Å²) >= 11 is 0. The van der Waals surface area contributed by atoms with Crippen LogP contribution in [0, 0.1) is 0 Å². The van der Waals surface area contributed by atoms with Crippen LogP contribution >= 0.6 is 0 Å². The molecular formula is C25H25N3O2. The van der Waals surface area contributed by atoms with E-state index < -0.39 is 0 Å². The van der Waals surface area contributed by atoms with Gasteiger partial charge in [0.15, 0.2) is 0 Å². The molecule has 0 saturated carbocycles. The van der Waals surface area contributed by atoms with Crippen molar-refractivity contribution in [1.29, 1.82) is 0 Å². The number of hydrazone groups is 1. The number of rotatable bonds is 7. The molecule has 1 atom stereocenters. The van der Waals surface area contributed by atoms with Crippen LogP contribution < -0.4 is 10.1 Å². The van der Waals surface area contributed by atoms with Crippen molar-refractivity contribution in [2.75, 3.05) is 20.2 Å². The first-order valence-electron chi connectivity index (χ1n) is 10.0. The van der Waals surface area contributed by atoms with E-state index in [0.29, 0.717) is 13.0 Å². The molecule has 5 heteroatoms. The lowest BCUT2D eigenvalue weighted by molar-refractivity contribution is -0.132. The van der Waals surface area contributed by atoms with Crippen LogP contribution in [0.1, 0.15) is 23.6 Å². The molecule has 0 saturated heterocycles. The molecule has 3 aromatic carbocycles. The number of carbonyl (C=O) groups is 1. The van der Waals surface area contributed by atoms with Crippen molar-refractivity contribution in [2.45, 2.75) is 12.5 Å². The number of methoxy groups -OCH3 is 1. The van der Waals surface area contributed by atoms with E-state index in [1.807, 2.05) is 36.4 Å². The number of hydrogen-bond donors (Lipinski definition) is 1. The molecular weight excluding hydrogens is 374 g/mol. The van der Waals surface area contributed by atoms with Crippen molar-refractivity contribution in [2.24, 2.45) is 5.10 Å². The molecule has 0 unspecified atom stereocenters. The van der Waals surface area contributed by atoms with Crippen LogP contribution in [0.15, 0.2) is 84.5 Å². The minimum atomic E-state index is -0.143. The number of fused-ring (bicyclic) bond motifs is 1. The summed E-state index contributed by atoms with van der Waals surface area (Å²) in [6.07, 6.45) is 2.40. The van der Waals surface area contributed by atoms with Crippen LogP contribution in [0.25, 0.3) is 10.8 Å². The van der Waals surface area contributed by atoms with Gasteiger partial charge in [0.25, 0.3) is 5.91 Å². The summed E-state index contributed by atoms with van der Waals surface area (Å²) in [5.41, 5.74) is 2.99. The van der Waals surface area contributed by atoms with Gasteiger partial charge in [0.1, 0.15) is 5.75 Å². The Morgan fingerprint density at radius 2 is 1.93 bits per heavy atom. The zero-order valence-corrected chi connectivity index (χ0v) is 17.0. The Balaban J connectivity index is 1.65. The van der Waals surface area contributed by atoms with Crippen molar-refractivity contribution in [3.63, 3.8) is 0 Å². The van der Waals surface area contributed by atoms with Crippen LogP contribution in [-0.2, 0) is 4.79 Å². The Labute approximate surface area is 176 Å². The SMILES string of the molecule is C=CCNCC(=O)N1N=C(c2ccc3ccccc3c2)C[C@@H]1c1ccc(OC)cc1. The molecule has 1 aliphatic heterocycles. The van der Waals surface area contributed by atoms with E-state index in [1.165, 1.54) is 5.39 Å². The van der Waals surface area contributed by atoms with Crippen molar-refractivity contribution in [3.8, 4) is 5.75 Å². The van der Waals surface area contributed by atoms with E-state index in [4.69, 9.17) is 9.84 Å². The van der Waals surface area contributed by atoms with E-state index >= 15 is 0 Å². The molecule has 0 fully saturated rings. The van der Waals surface area contributed by atoms with Crippen molar-refractivity contribution < 1.29 is 9.53 Å². The summed E-state index contributed by atoms with van der Waals surface area (Å²) in [6.45, 7) is 4.48. The molecule has 1 heterocycles. The minimum absolute atomic E-state index is 0.0616. The maximum Gasteiger partial charge on any atom is 0.257 e. The summed E-state index contributed by atoms with van der Waals surface area (Å²) in [5, 5.41) is 11.8. The number of amides is 1. The zero-order chi connectivity index (χ0) is 20.9. The molecule has 5 nitrogen and oxygen atoms in total. The van der Waals surface area contributed by atoms with Gasteiger partial charge < -0.3 is 10.1 Å². The van der Waals surface area contributed by atoms with Crippen molar-refractivity contribution in [3.05, 3.63) is 90.5 Å². The second-order valence-electron chi connectivity index (χ2n) is 7.26. The third-order valence-corrected chi connectivity index (χ3v) is 5.31. The van der Waals surface area contributed by atoms with Crippen molar-refractivity contribution in [1.82, 2.24) is 10.3 Å². The molecule has 152 valence electrons. The third-order valence-electron chi connectivity index (χ3n) is 5.31. The first kappa shape index (κ1) is 19.9.